The van der Waals surface area contributed by atoms with Crippen molar-refractivity contribution in [2.75, 3.05) is 44.7 Å². The number of aromatic nitrogens is 1. The molecule has 1 aliphatic heterocycles. The molecule has 1 fully saturated rings. The van der Waals surface area contributed by atoms with Crippen molar-refractivity contribution >= 4 is 23.2 Å². The van der Waals surface area contributed by atoms with E-state index in [-0.39, 0.29) is 0 Å². The molecular weight excluding hydrogens is 338 g/mol. The van der Waals surface area contributed by atoms with Crippen molar-refractivity contribution in [2.24, 2.45) is 0 Å². The van der Waals surface area contributed by atoms with Gasteiger partial charge in [0.2, 0.25) is 0 Å². The first-order valence-electron chi connectivity index (χ1n) is 9.36. The van der Waals surface area contributed by atoms with Crippen LogP contribution in [0, 0.1) is 6.92 Å². The Hall–Kier alpha value is -2.79. The zero-order valence-corrected chi connectivity index (χ0v) is 15.9. The third kappa shape index (κ3) is 4.14. The summed E-state index contributed by atoms with van der Waals surface area (Å²) in [6, 6.07) is 15.0. The summed E-state index contributed by atoms with van der Waals surface area (Å²) in [5, 5.41) is 0. The first-order valence-corrected chi connectivity index (χ1v) is 9.36. The van der Waals surface area contributed by atoms with E-state index in [1.54, 1.807) is 7.11 Å². The molecule has 3 aromatic rings. The number of hydrogen-bond acceptors (Lipinski definition) is 5. The van der Waals surface area contributed by atoms with E-state index in [1.807, 2.05) is 18.2 Å². The van der Waals surface area contributed by atoms with Crippen molar-refractivity contribution in [1.29, 1.82) is 0 Å². The number of ether oxygens (including phenoxy) is 1. The lowest BCUT2D eigenvalue weighted by molar-refractivity contribution is 0.279. The molecule has 27 heavy (non-hydrogen) atoms. The molecule has 1 aromatic heterocycles. The van der Waals surface area contributed by atoms with Crippen LogP contribution in [0.3, 0.4) is 0 Å². The van der Waals surface area contributed by atoms with Gasteiger partial charge >= 0.3 is 0 Å². The van der Waals surface area contributed by atoms with Crippen LogP contribution in [0.15, 0.2) is 53.0 Å². The molecule has 140 valence electrons. The highest BCUT2D eigenvalue weighted by molar-refractivity contribution is 5.75. The van der Waals surface area contributed by atoms with E-state index in [4.69, 9.17) is 9.15 Å². The number of methoxy groups -OCH3 is 1. The number of hydrogen-bond donors (Lipinski definition) is 0. The molecule has 0 unspecified atom stereocenters. The van der Waals surface area contributed by atoms with Crippen molar-refractivity contribution in [1.82, 2.24) is 9.88 Å². The Balaban J connectivity index is 1.30. The van der Waals surface area contributed by atoms with E-state index in [9.17, 15) is 0 Å². The van der Waals surface area contributed by atoms with Crippen LogP contribution in [0.2, 0.25) is 0 Å². The summed E-state index contributed by atoms with van der Waals surface area (Å²) >= 11 is 0. The lowest BCUT2D eigenvalue weighted by atomic mass is 10.2. The molecule has 0 amide bonds. The fraction of sp³-hybridized carbons (Fsp3) is 0.318. The van der Waals surface area contributed by atoms with E-state index in [0.717, 1.165) is 55.6 Å². The van der Waals surface area contributed by atoms with E-state index in [1.165, 1.54) is 11.1 Å². The van der Waals surface area contributed by atoms with Crippen LogP contribution in [-0.4, -0.2) is 49.7 Å². The van der Waals surface area contributed by atoms with Gasteiger partial charge in [0.25, 0.3) is 6.01 Å². The smallest absolute Gasteiger partial charge is 0.298 e. The number of piperazine rings is 1. The molecule has 5 nitrogen and oxygen atoms in total. The van der Waals surface area contributed by atoms with E-state index >= 15 is 0 Å². The predicted octanol–water partition coefficient (Wildman–Crippen LogP) is 3.98. The van der Waals surface area contributed by atoms with Gasteiger partial charge in [-0.05, 0) is 42.3 Å². The SMILES string of the molecule is COc1ccc(C=CCN2CCN(c3nc4cc(C)ccc4o3)CC2)cc1. The highest BCUT2D eigenvalue weighted by Gasteiger charge is 2.20. The number of fused-ring (bicyclic) bond motifs is 1. The Kier molecular flexibility index (Phi) is 5.12. The van der Waals surface area contributed by atoms with Crippen molar-refractivity contribution in [2.45, 2.75) is 6.92 Å². The third-order valence-electron chi connectivity index (χ3n) is 4.96. The predicted molar refractivity (Wildman–Crippen MR) is 109 cm³/mol. The number of rotatable bonds is 5. The first-order chi connectivity index (χ1) is 13.2. The number of nitrogens with zero attached hydrogens (tertiary/aromatic N) is 3. The summed E-state index contributed by atoms with van der Waals surface area (Å²) in [6.45, 7) is 6.90. The highest BCUT2D eigenvalue weighted by Crippen LogP contribution is 2.23. The van der Waals surface area contributed by atoms with Crippen LogP contribution in [0.25, 0.3) is 17.2 Å². The van der Waals surface area contributed by atoms with Gasteiger partial charge in [-0.1, -0.05) is 30.4 Å². The van der Waals surface area contributed by atoms with Crippen LogP contribution in [0.1, 0.15) is 11.1 Å². The third-order valence-corrected chi connectivity index (χ3v) is 4.96. The molecule has 5 heteroatoms. The Morgan fingerprint density at radius 2 is 1.85 bits per heavy atom. The van der Waals surface area contributed by atoms with Crippen LogP contribution in [0.4, 0.5) is 6.01 Å². The summed E-state index contributed by atoms with van der Waals surface area (Å²) in [7, 11) is 1.69. The molecule has 0 aliphatic carbocycles. The fourth-order valence-electron chi connectivity index (χ4n) is 3.34. The molecule has 4 rings (SSSR count). The molecule has 2 heterocycles. The Morgan fingerprint density at radius 1 is 1.07 bits per heavy atom. The summed E-state index contributed by atoms with van der Waals surface area (Å²) in [6.07, 6.45) is 4.38. The second-order valence-electron chi connectivity index (χ2n) is 6.93. The maximum atomic E-state index is 5.93. The minimum absolute atomic E-state index is 0.740. The standard InChI is InChI=1S/C22H25N3O2/c1-17-5-10-21-20(16-17)23-22(27-21)25-14-12-24(13-15-25)11-3-4-18-6-8-19(26-2)9-7-18/h3-10,16H,11-15H2,1-2H3. The largest absolute Gasteiger partial charge is 0.497 e. The van der Waals surface area contributed by atoms with Gasteiger partial charge in [-0.25, -0.2) is 0 Å². The molecule has 0 spiro atoms. The second-order valence-corrected chi connectivity index (χ2v) is 6.93. The van der Waals surface area contributed by atoms with Crippen molar-refractivity contribution < 1.29 is 9.15 Å². The zero-order chi connectivity index (χ0) is 18.6. The number of aryl methyl sites for hydroxylation is 1. The zero-order valence-electron chi connectivity index (χ0n) is 15.9. The monoisotopic (exact) mass is 363 g/mol. The molecule has 0 radical (unpaired) electrons. The van der Waals surface area contributed by atoms with Gasteiger partial charge in [0.15, 0.2) is 5.58 Å². The number of anilines is 1. The molecule has 0 saturated carbocycles. The fourth-order valence-corrected chi connectivity index (χ4v) is 3.34. The minimum atomic E-state index is 0.740. The average molecular weight is 363 g/mol. The molecule has 1 aliphatic rings. The van der Waals surface area contributed by atoms with Gasteiger partial charge in [-0.3, -0.25) is 4.90 Å². The van der Waals surface area contributed by atoms with Gasteiger partial charge in [0.1, 0.15) is 11.3 Å². The van der Waals surface area contributed by atoms with Gasteiger partial charge in [0.05, 0.1) is 7.11 Å². The Morgan fingerprint density at radius 3 is 2.59 bits per heavy atom. The Bertz CT molecular complexity index is 922. The van der Waals surface area contributed by atoms with Gasteiger partial charge in [-0.2, -0.15) is 4.98 Å². The maximum absolute atomic E-state index is 5.93. The van der Waals surface area contributed by atoms with E-state index in [2.05, 4.69) is 58.1 Å². The Labute approximate surface area is 159 Å². The first kappa shape index (κ1) is 17.6. The maximum Gasteiger partial charge on any atom is 0.298 e. The normalized spacial score (nSPS) is 15.7. The van der Waals surface area contributed by atoms with Crippen molar-refractivity contribution in [3.05, 3.63) is 59.7 Å². The lowest BCUT2D eigenvalue weighted by Gasteiger charge is -2.33. The molecule has 0 N–H and O–H groups in total. The second kappa shape index (κ2) is 7.84. The van der Waals surface area contributed by atoms with E-state index in [0.29, 0.717) is 0 Å². The van der Waals surface area contributed by atoms with E-state index < -0.39 is 0 Å². The quantitative estimate of drug-likeness (QED) is 0.686. The number of oxazole rings is 1. The average Bonchev–Trinajstić information content (AvgIpc) is 3.12. The van der Waals surface area contributed by atoms with Crippen LogP contribution in [0.5, 0.6) is 5.75 Å². The molecule has 0 atom stereocenters. The lowest BCUT2D eigenvalue weighted by Crippen LogP contribution is -2.46. The molecule has 2 aromatic carbocycles. The van der Waals surface area contributed by atoms with Crippen LogP contribution < -0.4 is 9.64 Å². The van der Waals surface area contributed by atoms with Crippen LogP contribution in [-0.2, 0) is 0 Å². The molecular formula is C22H25N3O2. The van der Waals surface area contributed by atoms with Crippen molar-refractivity contribution in [3.8, 4) is 5.75 Å². The minimum Gasteiger partial charge on any atom is -0.497 e. The van der Waals surface area contributed by atoms with Gasteiger partial charge in [-0.15, -0.1) is 0 Å². The molecule has 1 saturated heterocycles. The summed E-state index contributed by atoms with van der Waals surface area (Å²) in [5.74, 6) is 0.887. The van der Waals surface area contributed by atoms with Crippen LogP contribution >= 0.6 is 0 Å². The summed E-state index contributed by atoms with van der Waals surface area (Å²) in [4.78, 5) is 9.34. The summed E-state index contributed by atoms with van der Waals surface area (Å²) < 4.78 is 11.1. The van der Waals surface area contributed by atoms with Gasteiger partial charge < -0.3 is 14.1 Å². The van der Waals surface area contributed by atoms with Gasteiger partial charge in [0, 0.05) is 32.7 Å². The summed E-state index contributed by atoms with van der Waals surface area (Å²) in [5.41, 5.74) is 4.20. The number of benzene rings is 2. The van der Waals surface area contributed by atoms with Crippen molar-refractivity contribution in [3.63, 3.8) is 0 Å². The molecule has 0 bridgehead atoms. The highest BCUT2D eigenvalue weighted by atomic mass is 16.5. The topological polar surface area (TPSA) is 41.7 Å².